The van der Waals surface area contributed by atoms with Gasteiger partial charge in [-0.2, -0.15) is 0 Å². The van der Waals surface area contributed by atoms with E-state index in [0.717, 1.165) is 6.26 Å². The van der Waals surface area contributed by atoms with Crippen LogP contribution < -0.4 is 0 Å². The molecule has 2 heteroatoms. The van der Waals surface area contributed by atoms with Crippen molar-refractivity contribution in [2.75, 3.05) is 0 Å². The molecular formula is C2H6CaO. The fourth-order valence-corrected chi connectivity index (χ4v) is 0. The zero-order valence-electron chi connectivity index (χ0n) is 1.73. The number of hydrogen-bond donors (Lipinski definition) is 1. The first-order valence-electron chi connectivity index (χ1n) is 0.666. The fourth-order valence-electron chi connectivity index (χ4n) is 0. The van der Waals surface area contributed by atoms with Crippen molar-refractivity contribution in [2.45, 2.75) is 0 Å². The third-order valence-electron chi connectivity index (χ3n) is 0. The Labute approximate surface area is 55.3 Å². The summed E-state index contributed by atoms with van der Waals surface area (Å²) in [4.78, 5) is 0. The molecule has 0 saturated carbocycles. The molecule has 0 amide bonds. The van der Waals surface area contributed by atoms with Gasteiger partial charge in [0.1, 0.15) is 0 Å². The van der Waals surface area contributed by atoms with E-state index in [1.807, 2.05) is 0 Å². The van der Waals surface area contributed by atoms with E-state index < -0.39 is 0 Å². The van der Waals surface area contributed by atoms with E-state index in [4.69, 9.17) is 5.11 Å². The summed E-state index contributed by atoms with van der Waals surface area (Å²) in [6.45, 7) is 2.92. The van der Waals surface area contributed by atoms with E-state index >= 15 is 0 Å². The topological polar surface area (TPSA) is 20.2 Å². The minimum absolute atomic E-state index is 0. The van der Waals surface area contributed by atoms with Crippen LogP contribution in [-0.4, -0.2) is 42.8 Å². The van der Waals surface area contributed by atoms with Crippen molar-refractivity contribution in [3.05, 3.63) is 12.8 Å². The Bertz CT molecular complexity index is 13.5. The molecule has 0 rings (SSSR count). The molecule has 0 atom stereocenters. The molecule has 0 bridgehead atoms. The van der Waals surface area contributed by atoms with Gasteiger partial charge in [-0.05, 0) is 0 Å². The first-order chi connectivity index (χ1) is 1.41. The Morgan fingerprint density at radius 2 is 1.75 bits per heavy atom. The summed E-state index contributed by atoms with van der Waals surface area (Å²) in [5.74, 6) is 0. The van der Waals surface area contributed by atoms with Crippen LogP contribution in [-0.2, 0) is 0 Å². The summed E-state index contributed by atoms with van der Waals surface area (Å²) in [7, 11) is 0. The molecule has 0 aromatic heterocycles. The standard InChI is InChI=1S/C2H4O.Ca.2H/c1-2-3;;;/h2-3H,1H2;;;. The maximum atomic E-state index is 7.33. The van der Waals surface area contributed by atoms with E-state index in [1.165, 1.54) is 0 Å². The van der Waals surface area contributed by atoms with E-state index in [-0.39, 0.29) is 37.7 Å². The van der Waals surface area contributed by atoms with Crippen molar-refractivity contribution in [2.24, 2.45) is 0 Å². The van der Waals surface area contributed by atoms with Gasteiger partial charge in [-0.25, -0.2) is 0 Å². The first-order valence-corrected chi connectivity index (χ1v) is 0.666. The van der Waals surface area contributed by atoms with Crippen LogP contribution in [0.3, 0.4) is 0 Å². The van der Waals surface area contributed by atoms with Gasteiger partial charge in [-0.15, -0.1) is 0 Å². The van der Waals surface area contributed by atoms with Crippen molar-refractivity contribution in [1.29, 1.82) is 0 Å². The van der Waals surface area contributed by atoms with Crippen LogP contribution in [0.25, 0.3) is 0 Å². The molecule has 4 heavy (non-hydrogen) atoms. The average molecular weight is 86.1 g/mol. The third kappa shape index (κ3) is 14.2. The van der Waals surface area contributed by atoms with Gasteiger partial charge in [0.05, 0.1) is 6.26 Å². The monoisotopic (exact) mass is 86.0 g/mol. The van der Waals surface area contributed by atoms with Gasteiger partial charge in [0.25, 0.3) is 0 Å². The van der Waals surface area contributed by atoms with Crippen LogP contribution in [0.4, 0.5) is 0 Å². The number of aliphatic hydroxyl groups excluding tert-OH is 1. The quantitative estimate of drug-likeness (QED) is 0.319. The molecule has 0 aromatic rings. The summed E-state index contributed by atoms with van der Waals surface area (Å²) >= 11 is 0. The van der Waals surface area contributed by atoms with Crippen LogP contribution in [0.5, 0.6) is 0 Å². The van der Waals surface area contributed by atoms with Crippen LogP contribution in [0.15, 0.2) is 12.8 Å². The van der Waals surface area contributed by atoms with Crippen molar-refractivity contribution in [1.82, 2.24) is 0 Å². The van der Waals surface area contributed by atoms with Gasteiger partial charge in [-0.3, -0.25) is 0 Å². The van der Waals surface area contributed by atoms with Crippen molar-refractivity contribution in [3.63, 3.8) is 0 Å². The predicted octanol–water partition coefficient (Wildman–Crippen LogP) is -0.228. The Morgan fingerprint density at radius 1 is 1.75 bits per heavy atom. The molecule has 1 N–H and O–H groups in total. The maximum absolute atomic E-state index is 7.33. The predicted molar refractivity (Wildman–Crippen MR) is 21.4 cm³/mol. The summed E-state index contributed by atoms with van der Waals surface area (Å²) in [5, 5.41) is 7.33. The molecule has 0 aromatic carbocycles. The van der Waals surface area contributed by atoms with E-state index in [0.29, 0.717) is 0 Å². The number of rotatable bonds is 0. The number of aliphatic hydroxyl groups is 1. The van der Waals surface area contributed by atoms with E-state index in [9.17, 15) is 0 Å². The van der Waals surface area contributed by atoms with Gasteiger partial charge in [0, 0.05) is 0 Å². The average Bonchev–Trinajstić information content (AvgIpc) is 0.918. The van der Waals surface area contributed by atoms with Gasteiger partial charge < -0.3 is 5.11 Å². The molecular weight excluding hydrogens is 80.1 g/mol. The number of hydrogen-bond acceptors (Lipinski definition) is 1. The molecule has 0 fully saturated rings. The fraction of sp³-hybridized carbons (Fsp3) is 0. The second-order valence-corrected chi connectivity index (χ2v) is 0.183. The normalized spacial score (nSPS) is 3.00. The Kier molecular flexibility index (Phi) is 20.3. The van der Waals surface area contributed by atoms with Crippen molar-refractivity contribution < 1.29 is 5.11 Å². The van der Waals surface area contributed by atoms with Gasteiger partial charge >= 0.3 is 37.7 Å². The van der Waals surface area contributed by atoms with E-state index in [2.05, 4.69) is 6.58 Å². The molecule has 0 radical (unpaired) electrons. The van der Waals surface area contributed by atoms with Crippen LogP contribution in [0, 0.1) is 0 Å². The molecule has 22 valence electrons. The van der Waals surface area contributed by atoms with Crippen LogP contribution in [0.2, 0.25) is 0 Å². The molecule has 1 nitrogen and oxygen atoms in total. The molecule has 0 aliphatic heterocycles. The molecule has 0 spiro atoms. The van der Waals surface area contributed by atoms with Crippen LogP contribution in [0.1, 0.15) is 0 Å². The SMILES string of the molecule is C=CO.[CaH2]. The molecule has 0 aliphatic carbocycles. The molecule has 0 saturated heterocycles. The Hall–Kier alpha value is 0.800. The Morgan fingerprint density at radius 3 is 1.75 bits per heavy atom. The zero-order valence-corrected chi connectivity index (χ0v) is 1.73. The Balaban J connectivity index is 0. The van der Waals surface area contributed by atoms with Crippen molar-refractivity contribution >= 4 is 37.7 Å². The summed E-state index contributed by atoms with van der Waals surface area (Å²) in [5.41, 5.74) is 0. The summed E-state index contributed by atoms with van der Waals surface area (Å²) < 4.78 is 0. The summed E-state index contributed by atoms with van der Waals surface area (Å²) in [6, 6.07) is 0. The molecule has 0 unspecified atom stereocenters. The van der Waals surface area contributed by atoms with Gasteiger partial charge in [0.15, 0.2) is 0 Å². The second-order valence-electron chi connectivity index (χ2n) is 0.183. The minimum atomic E-state index is 0. The third-order valence-corrected chi connectivity index (χ3v) is 0. The van der Waals surface area contributed by atoms with E-state index in [1.54, 1.807) is 0 Å². The zero-order chi connectivity index (χ0) is 2.71. The van der Waals surface area contributed by atoms with Crippen molar-refractivity contribution in [3.8, 4) is 0 Å². The second kappa shape index (κ2) is 9.20. The van der Waals surface area contributed by atoms with Gasteiger partial charge in [0.2, 0.25) is 0 Å². The van der Waals surface area contributed by atoms with Gasteiger partial charge in [-0.1, -0.05) is 6.58 Å². The first kappa shape index (κ1) is 8.84. The molecule has 0 aliphatic rings. The molecule has 0 heterocycles. The van der Waals surface area contributed by atoms with Crippen LogP contribution >= 0.6 is 0 Å². The summed E-state index contributed by atoms with van der Waals surface area (Å²) in [6.07, 6.45) is 0.750.